The number of hydrogen-bond acceptors (Lipinski definition) is 3. The highest BCUT2D eigenvalue weighted by atomic mass is 79.9. The number of thiocarbonyl (C=S) groups is 1. The van der Waals surface area contributed by atoms with Gasteiger partial charge in [-0.1, -0.05) is 28.1 Å². The van der Waals surface area contributed by atoms with Crippen LogP contribution in [0.3, 0.4) is 0 Å². The zero-order valence-corrected chi connectivity index (χ0v) is 18.8. The number of rotatable bonds is 3. The number of carbonyl (C=O) groups is 2. The molecule has 1 aliphatic heterocycles. The minimum absolute atomic E-state index is 0.0292. The standard InChI is InChI=1S/C23H18BrN3O2S/c1-14-5-3-7-20(15(14)2)27-22(29)19(21(28)25-23(27)30)13-18-6-4-12-26(18)17-10-8-16(24)9-11-17/h3-13H,1-2H3,(H,25,28,30). The summed E-state index contributed by atoms with van der Waals surface area (Å²) in [5.74, 6) is -0.948. The molecule has 0 spiro atoms. The fraction of sp³-hybridized carbons (Fsp3) is 0.0870. The first kappa shape index (κ1) is 20.3. The van der Waals surface area contributed by atoms with Crippen LogP contribution in [0.25, 0.3) is 11.8 Å². The van der Waals surface area contributed by atoms with Crippen LogP contribution < -0.4 is 10.2 Å². The van der Waals surface area contributed by atoms with Crippen molar-refractivity contribution < 1.29 is 9.59 Å². The number of aromatic nitrogens is 1. The molecule has 0 aliphatic carbocycles. The summed E-state index contributed by atoms with van der Waals surface area (Å²) in [5.41, 5.74) is 4.29. The van der Waals surface area contributed by atoms with Crippen LogP contribution in [0, 0.1) is 13.8 Å². The van der Waals surface area contributed by atoms with E-state index in [4.69, 9.17) is 12.2 Å². The van der Waals surface area contributed by atoms with Gasteiger partial charge >= 0.3 is 0 Å². The minimum atomic E-state index is -0.505. The van der Waals surface area contributed by atoms with Gasteiger partial charge in [-0.15, -0.1) is 0 Å². The van der Waals surface area contributed by atoms with Gasteiger partial charge in [0.2, 0.25) is 0 Å². The second kappa shape index (κ2) is 8.01. The monoisotopic (exact) mass is 479 g/mol. The van der Waals surface area contributed by atoms with E-state index in [1.54, 1.807) is 6.08 Å². The number of hydrogen-bond donors (Lipinski definition) is 1. The predicted molar refractivity (Wildman–Crippen MR) is 126 cm³/mol. The number of nitrogens with zero attached hydrogens (tertiary/aromatic N) is 2. The molecule has 0 bridgehead atoms. The molecule has 2 aromatic carbocycles. The van der Waals surface area contributed by atoms with Crippen molar-refractivity contribution in [3.05, 3.63) is 87.7 Å². The van der Waals surface area contributed by atoms with Crippen molar-refractivity contribution >= 4 is 56.8 Å². The van der Waals surface area contributed by atoms with E-state index in [-0.39, 0.29) is 10.7 Å². The molecule has 2 amide bonds. The Morgan fingerprint density at radius 2 is 1.73 bits per heavy atom. The molecule has 0 atom stereocenters. The van der Waals surface area contributed by atoms with E-state index in [0.717, 1.165) is 21.3 Å². The number of carbonyl (C=O) groups excluding carboxylic acids is 2. The summed E-state index contributed by atoms with van der Waals surface area (Å²) in [5, 5.41) is 2.73. The van der Waals surface area contributed by atoms with E-state index in [9.17, 15) is 9.59 Å². The highest BCUT2D eigenvalue weighted by molar-refractivity contribution is 9.10. The number of amides is 2. The van der Waals surface area contributed by atoms with Gasteiger partial charge in [0.1, 0.15) is 5.57 Å². The van der Waals surface area contributed by atoms with Crippen LogP contribution in [0.4, 0.5) is 5.69 Å². The van der Waals surface area contributed by atoms with Gasteiger partial charge in [-0.3, -0.25) is 19.8 Å². The summed E-state index contributed by atoms with van der Waals surface area (Å²) in [6, 6.07) is 17.2. The Morgan fingerprint density at radius 1 is 1.00 bits per heavy atom. The third-order valence-corrected chi connectivity index (χ3v) is 5.91. The van der Waals surface area contributed by atoms with E-state index in [1.807, 2.05) is 79.2 Å². The molecule has 1 fully saturated rings. The third kappa shape index (κ3) is 3.62. The zero-order chi connectivity index (χ0) is 21.4. The Bertz CT molecular complexity index is 1210. The molecule has 1 N–H and O–H groups in total. The minimum Gasteiger partial charge on any atom is -0.317 e. The molecule has 7 heteroatoms. The van der Waals surface area contributed by atoms with Crippen molar-refractivity contribution in [1.82, 2.24) is 9.88 Å². The van der Waals surface area contributed by atoms with Crippen LogP contribution in [0.1, 0.15) is 16.8 Å². The maximum Gasteiger partial charge on any atom is 0.270 e. The van der Waals surface area contributed by atoms with Gasteiger partial charge in [0.25, 0.3) is 11.8 Å². The molecule has 150 valence electrons. The number of aryl methyl sites for hydroxylation is 1. The first-order chi connectivity index (χ1) is 14.4. The fourth-order valence-electron chi connectivity index (χ4n) is 3.35. The van der Waals surface area contributed by atoms with E-state index in [2.05, 4.69) is 21.2 Å². The lowest BCUT2D eigenvalue weighted by atomic mass is 10.0. The van der Waals surface area contributed by atoms with Crippen LogP contribution in [0.2, 0.25) is 0 Å². The molecule has 30 heavy (non-hydrogen) atoms. The normalized spacial score (nSPS) is 15.6. The first-order valence-electron chi connectivity index (χ1n) is 9.28. The largest absolute Gasteiger partial charge is 0.317 e. The van der Waals surface area contributed by atoms with Crippen LogP contribution in [0.5, 0.6) is 0 Å². The van der Waals surface area contributed by atoms with Crippen LogP contribution in [0.15, 0.2) is 70.8 Å². The van der Waals surface area contributed by atoms with E-state index >= 15 is 0 Å². The number of benzene rings is 2. The Kier molecular flexibility index (Phi) is 5.40. The second-order valence-electron chi connectivity index (χ2n) is 6.96. The van der Waals surface area contributed by atoms with Gasteiger partial charge in [0.05, 0.1) is 5.69 Å². The first-order valence-corrected chi connectivity index (χ1v) is 10.5. The molecule has 0 unspecified atom stereocenters. The van der Waals surface area contributed by atoms with Crippen LogP contribution in [-0.2, 0) is 9.59 Å². The fourth-order valence-corrected chi connectivity index (χ4v) is 3.89. The van der Waals surface area contributed by atoms with E-state index < -0.39 is 11.8 Å². The molecule has 4 rings (SSSR count). The van der Waals surface area contributed by atoms with Gasteiger partial charge < -0.3 is 4.57 Å². The van der Waals surface area contributed by atoms with Gasteiger partial charge in [0.15, 0.2) is 5.11 Å². The molecule has 1 aliphatic rings. The quantitative estimate of drug-likeness (QED) is 0.336. The molecule has 0 radical (unpaired) electrons. The molecule has 2 heterocycles. The molecular formula is C23H18BrN3O2S. The second-order valence-corrected chi connectivity index (χ2v) is 8.26. The third-order valence-electron chi connectivity index (χ3n) is 5.10. The molecule has 3 aromatic rings. The zero-order valence-electron chi connectivity index (χ0n) is 16.3. The molecule has 0 saturated carbocycles. The highest BCUT2D eigenvalue weighted by Gasteiger charge is 2.35. The lowest BCUT2D eigenvalue weighted by Crippen LogP contribution is -2.54. The van der Waals surface area contributed by atoms with Gasteiger partial charge in [0, 0.05) is 22.1 Å². The van der Waals surface area contributed by atoms with E-state index in [1.165, 1.54) is 4.90 Å². The van der Waals surface area contributed by atoms with Crippen molar-refractivity contribution in [2.24, 2.45) is 0 Å². The molecular weight excluding hydrogens is 462 g/mol. The average molecular weight is 480 g/mol. The predicted octanol–water partition coefficient (Wildman–Crippen LogP) is 4.69. The lowest BCUT2D eigenvalue weighted by molar-refractivity contribution is -0.122. The number of nitrogens with one attached hydrogen (secondary N) is 1. The van der Waals surface area contributed by atoms with Gasteiger partial charge in [-0.05, 0) is 85.7 Å². The lowest BCUT2D eigenvalue weighted by Gasteiger charge is -2.30. The molecule has 1 aromatic heterocycles. The molecule has 1 saturated heterocycles. The Labute approximate surface area is 188 Å². The summed E-state index contributed by atoms with van der Waals surface area (Å²) >= 11 is 8.75. The van der Waals surface area contributed by atoms with Crippen molar-refractivity contribution in [3.63, 3.8) is 0 Å². The SMILES string of the molecule is Cc1cccc(N2C(=O)C(=Cc3cccn3-c3ccc(Br)cc3)C(=O)NC2=S)c1C. The Hall–Kier alpha value is -3.03. The van der Waals surface area contributed by atoms with Crippen molar-refractivity contribution in [1.29, 1.82) is 0 Å². The summed E-state index contributed by atoms with van der Waals surface area (Å²) in [4.78, 5) is 27.3. The summed E-state index contributed by atoms with van der Waals surface area (Å²) in [7, 11) is 0. The van der Waals surface area contributed by atoms with Gasteiger partial charge in [-0.2, -0.15) is 0 Å². The summed E-state index contributed by atoms with van der Waals surface area (Å²) in [6.07, 6.45) is 3.48. The average Bonchev–Trinajstić information content (AvgIpc) is 3.17. The maximum absolute atomic E-state index is 13.3. The smallest absolute Gasteiger partial charge is 0.270 e. The molecule has 5 nitrogen and oxygen atoms in total. The van der Waals surface area contributed by atoms with Crippen molar-refractivity contribution in [3.8, 4) is 5.69 Å². The topological polar surface area (TPSA) is 54.3 Å². The van der Waals surface area contributed by atoms with E-state index in [0.29, 0.717) is 11.4 Å². The number of anilines is 1. The summed E-state index contributed by atoms with van der Waals surface area (Å²) < 4.78 is 2.88. The van der Waals surface area contributed by atoms with Crippen LogP contribution in [-0.4, -0.2) is 21.5 Å². The Morgan fingerprint density at radius 3 is 2.47 bits per heavy atom. The summed E-state index contributed by atoms with van der Waals surface area (Å²) in [6.45, 7) is 3.90. The maximum atomic E-state index is 13.3. The van der Waals surface area contributed by atoms with Gasteiger partial charge in [-0.25, -0.2) is 0 Å². The van der Waals surface area contributed by atoms with Crippen molar-refractivity contribution in [2.75, 3.05) is 4.90 Å². The Balaban J connectivity index is 1.77. The van der Waals surface area contributed by atoms with Crippen LogP contribution >= 0.6 is 28.1 Å². The van der Waals surface area contributed by atoms with Crippen molar-refractivity contribution in [2.45, 2.75) is 13.8 Å². The highest BCUT2D eigenvalue weighted by Crippen LogP contribution is 2.27. The number of halogens is 1.